The van der Waals surface area contributed by atoms with Crippen molar-refractivity contribution in [1.29, 1.82) is 5.26 Å². The smallest absolute Gasteiger partial charge is 0.141 e. The SMILES string of the molecule is Cc1cc(F)c(C#N)c(C)c1C. The molecule has 0 amide bonds. The highest BCUT2D eigenvalue weighted by Crippen LogP contribution is 2.19. The molecule has 0 bridgehead atoms. The van der Waals surface area contributed by atoms with Gasteiger partial charge in [-0.1, -0.05) is 0 Å². The zero-order chi connectivity index (χ0) is 9.30. The number of rotatable bonds is 0. The average Bonchev–Trinajstić information content (AvgIpc) is 2.01. The van der Waals surface area contributed by atoms with E-state index in [1.807, 2.05) is 19.9 Å². The van der Waals surface area contributed by atoms with Crippen LogP contribution in [0.1, 0.15) is 22.3 Å². The van der Waals surface area contributed by atoms with Crippen LogP contribution in [-0.4, -0.2) is 0 Å². The standard InChI is InChI=1S/C10H10FN/c1-6-4-10(11)9(5-12)8(3)7(6)2/h4H,1-3H3. The second kappa shape index (κ2) is 2.94. The van der Waals surface area contributed by atoms with Gasteiger partial charge in [0, 0.05) is 0 Å². The predicted molar refractivity (Wildman–Crippen MR) is 45.3 cm³/mol. The Morgan fingerprint density at radius 1 is 1.25 bits per heavy atom. The fourth-order valence-electron chi connectivity index (χ4n) is 1.17. The zero-order valence-corrected chi connectivity index (χ0v) is 7.40. The Hall–Kier alpha value is -1.36. The Morgan fingerprint density at radius 2 is 1.83 bits per heavy atom. The molecule has 0 saturated carbocycles. The maximum absolute atomic E-state index is 13.1. The molecule has 1 rings (SSSR count). The van der Waals surface area contributed by atoms with Crippen LogP contribution in [0.2, 0.25) is 0 Å². The minimum atomic E-state index is -0.418. The molecular weight excluding hydrogens is 153 g/mol. The van der Waals surface area contributed by atoms with Crippen molar-refractivity contribution < 1.29 is 4.39 Å². The molecule has 0 aliphatic carbocycles. The van der Waals surface area contributed by atoms with Crippen LogP contribution in [-0.2, 0) is 0 Å². The first-order valence-corrected chi connectivity index (χ1v) is 3.74. The Balaban J connectivity index is 3.54. The van der Waals surface area contributed by atoms with Gasteiger partial charge >= 0.3 is 0 Å². The van der Waals surface area contributed by atoms with Crippen LogP contribution in [0.25, 0.3) is 0 Å². The molecule has 0 aromatic heterocycles. The van der Waals surface area contributed by atoms with Crippen LogP contribution in [0.5, 0.6) is 0 Å². The number of halogens is 1. The third-order valence-electron chi connectivity index (χ3n) is 2.22. The molecule has 0 aliphatic rings. The van der Waals surface area contributed by atoms with Crippen molar-refractivity contribution in [2.24, 2.45) is 0 Å². The monoisotopic (exact) mass is 163 g/mol. The zero-order valence-electron chi connectivity index (χ0n) is 7.40. The molecule has 0 unspecified atom stereocenters. The van der Waals surface area contributed by atoms with Crippen LogP contribution in [0.4, 0.5) is 4.39 Å². The van der Waals surface area contributed by atoms with Crippen LogP contribution < -0.4 is 0 Å². The third kappa shape index (κ3) is 1.18. The summed E-state index contributed by atoms with van der Waals surface area (Å²) in [4.78, 5) is 0. The van der Waals surface area contributed by atoms with Crippen molar-refractivity contribution in [3.8, 4) is 6.07 Å². The molecular formula is C10H10FN. The van der Waals surface area contributed by atoms with Crippen molar-refractivity contribution in [2.75, 3.05) is 0 Å². The first kappa shape index (κ1) is 8.73. The summed E-state index contributed by atoms with van der Waals surface area (Å²) in [7, 11) is 0. The van der Waals surface area contributed by atoms with E-state index in [2.05, 4.69) is 0 Å². The summed E-state index contributed by atoms with van der Waals surface area (Å²) in [5.41, 5.74) is 2.80. The summed E-state index contributed by atoms with van der Waals surface area (Å²) in [6.45, 7) is 5.50. The third-order valence-corrected chi connectivity index (χ3v) is 2.22. The van der Waals surface area contributed by atoms with Crippen LogP contribution >= 0.6 is 0 Å². The van der Waals surface area contributed by atoms with Crippen LogP contribution in [0.3, 0.4) is 0 Å². The van der Waals surface area contributed by atoms with Crippen molar-refractivity contribution in [3.63, 3.8) is 0 Å². The summed E-state index contributed by atoms with van der Waals surface area (Å²) >= 11 is 0. The van der Waals surface area contributed by atoms with Gasteiger partial charge in [0.1, 0.15) is 11.9 Å². The maximum Gasteiger partial charge on any atom is 0.141 e. The molecule has 0 fully saturated rings. The summed E-state index contributed by atoms with van der Waals surface area (Å²) in [6, 6.07) is 3.26. The molecule has 12 heavy (non-hydrogen) atoms. The fourth-order valence-corrected chi connectivity index (χ4v) is 1.17. The molecule has 0 radical (unpaired) electrons. The summed E-state index contributed by atoms with van der Waals surface area (Å²) in [5.74, 6) is -0.418. The molecule has 0 saturated heterocycles. The van der Waals surface area contributed by atoms with Crippen molar-refractivity contribution in [2.45, 2.75) is 20.8 Å². The summed E-state index contributed by atoms with van der Waals surface area (Å²) in [5, 5.41) is 8.62. The minimum absolute atomic E-state index is 0.165. The summed E-state index contributed by atoms with van der Waals surface area (Å²) < 4.78 is 13.1. The van der Waals surface area contributed by atoms with Gasteiger partial charge in [-0.25, -0.2) is 4.39 Å². The van der Waals surface area contributed by atoms with E-state index in [-0.39, 0.29) is 5.56 Å². The number of benzene rings is 1. The van der Waals surface area contributed by atoms with Crippen LogP contribution in [0.15, 0.2) is 6.07 Å². The first-order valence-electron chi connectivity index (χ1n) is 3.74. The predicted octanol–water partition coefficient (Wildman–Crippen LogP) is 2.62. The Morgan fingerprint density at radius 3 is 2.33 bits per heavy atom. The van der Waals surface area contributed by atoms with E-state index in [9.17, 15) is 4.39 Å². The van der Waals surface area contributed by atoms with E-state index in [1.165, 1.54) is 6.07 Å². The number of aryl methyl sites for hydroxylation is 1. The van der Waals surface area contributed by atoms with Gasteiger partial charge in [0.2, 0.25) is 0 Å². The van der Waals surface area contributed by atoms with Gasteiger partial charge in [0.25, 0.3) is 0 Å². The second-order valence-electron chi connectivity index (χ2n) is 2.91. The minimum Gasteiger partial charge on any atom is -0.206 e. The second-order valence-corrected chi connectivity index (χ2v) is 2.91. The van der Waals surface area contributed by atoms with Crippen LogP contribution in [0, 0.1) is 37.9 Å². The number of nitriles is 1. The molecule has 0 spiro atoms. The topological polar surface area (TPSA) is 23.8 Å². The highest BCUT2D eigenvalue weighted by atomic mass is 19.1. The number of nitrogens with zero attached hydrogens (tertiary/aromatic N) is 1. The molecule has 1 aromatic rings. The molecule has 0 atom stereocenters. The molecule has 1 nitrogen and oxygen atoms in total. The Kier molecular flexibility index (Phi) is 2.14. The highest BCUT2D eigenvalue weighted by molar-refractivity contribution is 5.45. The lowest BCUT2D eigenvalue weighted by atomic mass is 9.99. The maximum atomic E-state index is 13.1. The largest absolute Gasteiger partial charge is 0.206 e. The lowest BCUT2D eigenvalue weighted by molar-refractivity contribution is 0.620. The Labute approximate surface area is 71.4 Å². The lowest BCUT2D eigenvalue weighted by Gasteiger charge is -2.06. The summed E-state index contributed by atoms with van der Waals surface area (Å²) in [6.07, 6.45) is 0. The molecule has 0 aliphatic heterocycles. The van der Waals surface area contributed by atoms with E-state index < -0.39 is 5.82 Å². The molecule has 62 valence electrons. The van der Waals surface area contributed by atoms with E-state index in [1.54, 1.807) is 6.92 Å². The van der Waals surface area contributed by atoms with Gasteiger partial charge in [-0.3, -0.25) is 0 Å². The van der Waals surface area contributed by atoms with Crippen molar-refractivity contribution in [1.82, 2.24) is 0 Å². The first-order chi connectivity index (χ1) is 5.57. The Bertz CT molecular complexity index is 361. The lowest BCUT2D eigenvalue weighted by Crippen LogP contribution is -1.95. The van der Waals surface area contributed by atoms with Gasteiger partial charge < -0.3 is 0 Å². The van der Waals surface area contributed by atoms with Gasteiger partial charge in [-0.15, -0.1) is 0 Å². The number of hydrogen-bond donors (Lipinski definition) is 0. The van der Waals surface area contributed by atoms with E-state index >= 15 is 0 Å². The number of hydrogen-bond acceptors (Lipinski definition) is 1. The van der Waals surface area contributed by atoms with Gasteiger partial charge in [0.15, 0.2) is 0 Å². The van der Waals surface area contributed by atoms with Gasteiger partial charge in [0.05, 0.1) is 5.56 Å². The van der Waals surface area contributed by atoms with E-state index in [4.69, 9.17) is 5.26 Å². The molecule has 2 heteroatoms. The quantitative estimate of drug-likeness (QED) is 0.576. The van der Waals surface area contributed by atoms with Gasteiger partial charge in [-0.2, -0.15) is 5.26 Å². The molecule has 1 aromatic carbocycles. The van der Waals surface area contributed by atoms with Crippen molar-refractivity contribution >= 4 is 0 Å². The highest BCUT2D eigenvalue weighted by Gasteiger charge is 2.09. The van der Waals surface area contributed by atoms with E-state index in [0.717, 1.165) is 16.7 Å². The van der Waals surface area contributed by atoms with Crippen molar-refractivity contribution in [3.05, 3.63) is 34.1 Å². The molecule has 0 N–H and O–H groups in total. The average molecular weight is 163 g/mol. The fraction of sp³-hybridized carbons (Fsp3) is 0.300. The van der Waals surface area contributed by atoms with E-state index in [0.29, 0.717) is 0 Å². The molecule has 0 heterocycles. The normalized spacial score (nSPS) is 9.58. The van der Waals surface area contributed by atoms with Gasteiger partial charge in [-0.05, 0) is 43.5 Å².